The summed E-state index contributed by atoms with van der Waals surface area (Å²) >= 11 is 6.91. The van der Waals surface area contributed by atoms with Crippen molar-refractivity contribution < 1.29 is 9.53 Å². The molecule has 0 saturated carbocycles. The molecule has 2 aromatic rings. The number of esters is 1. The van der Waals surface area contributed by atoms with E-state index in [4.69, 9.17) is 4.74 Å². The highest BCUT2D eigenvalue weighted by Gasteiger charge is 2.29. The number of benzene rings is 1. The first-order valence-electron chi connectivity index (χ1n) is 6.39. The van der Waals surface area contributed by atoms with Crippen LogP contribution in [0, 0.1) is 0 Å². The van der Waals surface area contributed by atoms with Crippen molar-refractivity contribution in [2.45, 2.75) is 26.2 Å². The second kappa shape index (κ2) is 5.93. The zero-order chi connectivity index (χ0) is 15.8. The van der Waals surface area contributed by atoms with Crippen molar-refractivity contribution in [2.75, 3.05) is 7.11 Å². The van der Waals surface area contributed by atoms with E-state index in [0.29, 0.717) is 4.47 Å². The van der Waals surface area contributed by atoms with Gasteiger partial charge >= 0.3 is 5.97 Å². The third-order valence-corrected chi connectivity index (χ3v) is 4.27. The summed E-state index contributed by atoms with van der Waals surface area (Å²) in [6.45, 7) is 6.22. The van der Waals surface area contributed by atoms with E-state index in [2.05, 4.69) is 57.7 Å². The number of aromatic nitrogens is 2. The molecular weight excluding hydrogens is 400 g/mol. The topological polar surface area (TPSA) is 44.1 Å². The lowest BCUT2D eigenvalue weighted by atomic mass is 9.91. The van der Waals surface area contributed by atoms with E-state index in [9.17, 15) is 4.79 Å². The van der Waals surface area contributed by atoms with Crippen LogP contribution in [-0.2, 0) is 10.2 Å². The van der Waals surface area contributed by atoms with Gasteiger partial charge in [0.15, 0.2) is 5.69 Å². The van der Waals surface area contributed by atoms with Gasteiger partial charge in [-0.25, -0.2) is 9.48 Å². The Hall–Kier alpha value is -1.14. The molecule has 6 heteroatoms. The number of methoxy groups -OCH3 is 1. The maximum absolute atomic E-state index is 11.9. The number of carbonyl (C=O) groups excluding carboxylic acids is 1. The number of hydrogen-bond acceptors (Lipinski definition) is 3. The molecule has 0 saturated heterocycles. The number of hydrogen-bond donors (Lipinski definition) is 0. The number of nitrogens with zero attached hydrogens (tertiary/aromatic N) is 2. The van der Waals surface area contributed by atoms with Gasteiger partial charge in [-0.05, 0) is 40.2 Å². The van der Waals surface area contributed by atoms with E-state index in [0.717, 1.165) is 15.9 Å². The Morgan fingerprint density at radius 2 is 1.76 bits per heavy atom. The summed E-state index contributed by atoms with van der Waals surface area (Å²) in [5.74, 6) is -0.455. The van der Waals surface area contributed by atoms with Gasteiger partial charge in [0.25, 0.3) is 0 Å². The summed E-state index contributed by atoms with van der Waals surface area (Å²) in [7, 11) is 1.35. The maximum Gasteiger partial charge on any atom is 0.359 e. The van der Waals surface area contributed by atoms with Crippen molar-refractivity contribution >= 4 is 37.8 Å². The Morgan fingerprint density at radius 1 is 1.19 bits per heavy atom. The van der Waals surface area contributed by atoms with E-state index < -0.39 is 5.97 Å². The van der Waals surface area contributed by atoms with Gasteiger partial charge < -0.3 is 4.74 Å². The van der Waals surface area contributed by atoms with E-state index in [1.165, 1.54) is 7.11 Å². The molecule has 1 heterocycles. The van der Waals surface area contributed by atoms with Crippen LogP contribution in [0.1, 0.15) is 37.0 Å². The van der Waals surface area contributed by atoms with Gasteiger partial charge in [0.1, 0.15) is 0 Å². The lowest BCUT2D eigenvalue weighted by Crippen LogP contribution is -2.18. The van der Waals surface area contributed by atoms with Gasteiger partial charge in [-0.2, -0.15) is 5.10 Å². The van der Waals surface area contributed by atoms with Crippen LogP contribution < -0.4 is 0 Å². The first-order valence-corrected chi connectivity index (χ1v) is 7.97. The molecule has 0 spiro atoms. The molecule has 0 bridgehead atoms. The molecule has 0 aliphatic carbocycles. The Kier molecular flexibility index (Phi) is 4.58. The molecule has 0 fully saturated rings. The monoisotopic (exact) mass is 414 g/mol. The van der Waals surface area contributed by atoms with Crippen LogP contribution in [0.15, 0.2) is 33.2 Å². The second-order valence-electron chi connectivity index (χ2n) is 5.64. The van der Waals surface area contributed by atoms with Crippen LogP contribution in [-0.4, -0.2) is 22.9 Å². The SMILES string of the molecule is COC(=O)c1nn(-c2ccc(Br)cc2)c(C(C)(C)C)c1Br. The first kappa shape index (κ1) is 16.2. The number of rotatable bonds is 2. The summed E-state index contributed by atoms with van der Waals surface area (Å²) in [5.41, 5.74) is 1.90. The summed E-state index contributed by atoms with van der Waals surface area (Å²) in [6.07, 6.45) is 0. The molecule has 0 amide bonds. The van der Waals surface area contributed by atoms with Crippen molar-refractivity contribution in [3.05, 3.63) is 44.6 Å². The smallest absolute Gasteiger partial charge is 0.359 e. The molecular formula is C15H16Br2N2O2. The molecule has 0 radical (unpaired) electrons. The zero-order valence-electron chi connectivity index (χ0n) is 12.3. The lowest BCUT2D eigenvalue weighted by molar-refractivity contribution is 0.0592. The molecule has 0 N–H and O–H groups in total. The fourth-order valence-corrected chi connectivity index (χ4v) is 3.31. The quantitative estimate of drug-likeness (QED) is 0.679. The average molecular weight is 416 g/mol. The van der Waals surface area contributed by atoms with Crippen LogP contribution in [0.5, 0.6) is 0 Å². The summed E-state index contributed by atoms with van der Waals surface area (Å²) in [6, 6.07) is 7.77. The fraction of sp³-hybridized carbons (Fsp3) is 0.333. The highest BCUT2D eigenvalue weighted by molar-refractivity contribution is 9.10. The van der Waals surface area contributed by atoms with Crippen molar-refractivity contribution in [1.82, 2.24) is 9.78 Å². The van der Waals surface area contributed by atoms with Gasteiger partial charge in [-0.1, -0.05) is 36.7 Å². The second-order valence-corrected chi connectivity index (χ2v) is 7.35. The van der Waals surface area contributed by atoms with Crippen molar-refractivity contribution in [1.29, 1.82) is 0 Å². The van der Waals surface area contributed by atoms with Crippen LogP contribution in [0.25, 0.3) is 5.69 Å². The van der Waals surface area contributed by atoms with Crippen molar-refractivity contribution in [3.63, 3.8) is 0 Å². The van der Waals surface area contributed by atoms with Gasteiger partial charge in [0.2, 0.25) is 0 Å². The normalized spacial score (nSPS) is 11.5. The predicted octanol–water partition coefficient (Wildman–Crippen LogP) is 4.48. The number of carbonyl (C=O) groups is 1. The van der Waals surface area contributed by atoms with Gasteiger partial charge in [0.05, 0.1) is 23.0 Å². The maximum atomic E-state index is 11.9. The van der Waals surface area contributed by atoms with E-state index in [1.54, 1.807) is 4.68 Å². The Balaban J connectivity index is 2.69. The molecule has 0 unspecified atom stereocenters. The van der Waals surface area contributed by atoms with Crippen molar-refractivity contribution in [3.8, 4) is 5.69 Å². The Morgan fingerprint density at radius 3 is 2.24 bits per heavy atom. The highest BCUT2D eigenvalue weighted by atomic mass is 79.9. The fourth-order valence-electron chi connectivity index (χ4n) is 2.04. The number of ether oxygens (including phenoxy) is 1. The summed E-state index contributed by atoms with van der Waals surface area (Å²) in [4.78, 5) is 11.9. The summed E-state index contributed by atoms with van der Waals surface area (Å²) < 4.78 is 8.24. The average Bonchev–Trinajstić information content (AvgIpc) is 2.76. The predicted molar refractivity (Wildman–Crippen MR) is 89.0 cm³/mol. The minimum Gasteiger partial charge on any atom is -0.464 e. The molecule has 112 valence electrons. The van der Waals surface area contributed by atoms with Gasteiger partial charge in [0, 0.05) is 9.89 Å². The highest BCUT2D eigenvalue weighted by Crippen LogP contribution is 2.34. The number of halogens is 2. The first-order chi connectivity index (χ1) is 9.75. The van der Waals surface area contributed by atoms with E-state index in [-0.39, 0.29) is 11.1 Å². The van der Waals surface area contributed by atoms with Crippen LogP contribution in [0.4, 0.5) is 0 Å². The van der Waals surface area contributed by atoms with E-state index >= 15 is 0 Å². The molecule has 0 atom stereocenters. The van der Waals surface area contributed by atoms with Crippen molar-refractivity contribution in [2.24, 2.45) is 0 Å². The third-order valence-electron chi connectivity index (χ3n) is 2.99. The molecule has 1 aromatic heterocycles. The summed E-state index contributed by atoms with van der Waals surface area (Å²) in [5, 5.41) is 4.43. The van der Waals surface area contributed by atoms with Crippen LogP contribution >= 0.6 is 31.9 Å². The van der Waals surface area contributed by atoms with Gasteiger partial charge in [-0.15, -0.1) is 0 Å². The molecule has 0 aliphatic heterocycles. The standard InChI is InChI=1S/C15H16Br2N2O2/c1-15(2,3)13-11(17)12(14(20)21-4)18-19(13)10-7-5-9(16)6-8-10/h5-8H,1-4H3. The largest absolute Gasteiger partial charge is 0.464 e. The Bertz CT molecular complexity index is 670. The van der Waals surface area contributed by atoms with Crippen LogP contribution in [0.3, 0.4) is 0 Å². The molecule has 2 rings (SSSR count). The Labute approximate surface area is 140 Å². The minimum atomic E-state index is -0.455. The van der Waals surface area contributed by atoms with Gasteiger partial charge in [-0.3, -0.25) is 0 Å². The van der Waals surface area contributed by atoms with Crippen LogP contribution in [0.2, 0.25) is 0 Å². The third kappa shape index (κ3) is 3.21. The zero-order valence-corrected chi connectivity index (χ0v) is 15.4. The molecule has 1 aromatic carbocycles. The lowest BCUT2D eigenvalue weighted by Gasteiger charge is -2.21. The molecule has 4 nitrogen and oxygen atoms in total. The van der Waals surface area contributed by atoms with E-state index in [1.807, 2.05) is 24.3 Å². The molecule has 21 heavy (non-hydrogen) atoms. The molecule has 0 aliphatic rings. The minimum absolute atomic E-state index is 0.189.